The summed E-state index contributed by atoms with van der Waals surface area (Å²) in [6, 6.07) is 7.91. The minimum atomic E-state index is -0.680. The van der Waals surface area contributed by atoms with Crippen LogP contribution in [-0.2, 0) is 14.4 Å². The lowest BCUT2D eigenvalue weighted by atomic mass is 9.96. The van der Waals surface area contributed by atoms with Gasteiger partial charge in [0.1, 0.15) is 6.04 Å². The Bertz CT molecular complexity index is 503. The lowest BCUT2D eigenvalue weighted by Crippen LogP contribution is -2.40. The van der Waals surface area contributed by atoms with Crippen LogP contribution < -0.4 is 10.8 Å². The van der Waals surface area contributed by atoms with Crippen LogP contribution in [0.15, 0.2) is 30.3 Å². The zero-order chi connectivity index (χ0) is 17.3. The van der Waals surface area contributed by atoms with Gasteiger partial charge in [0.05, 0.1) is 12.7 Å². The number of esters is 1. The van der Waals surface area contributed by atoms with E-state index in [1.807, 2.05) is 13.1 Å². The first-order valence-electron chi connectivity index (χ1n) is 7.68. The van der Waals surface area contributed by atoms with E-state index < -0.39 is 18.0 Å². The molecule has 1 rings (SSSR count). The lowest BCUT2D eigenvalue weighted by Gasteiger charge is -2.24. The molecule has 0 bridgehead atoms. The number of rotatable bonds is 9. The Morgan fingerprint density at radius 3 is 2.43 bits per heavy atom. The van der Waals surface area contributed by atoms with E-state index in [1.54, 1.807) is 24.3 Å². The maximum absolute atomic E-state index is 11.9. The van der Waals surface area contributed by atoms with Crippen molar-refractivity contribution in [2.45, 2.75) is 44.7 Å². The third kappa shape index (κ3) is 6.80. The molecule has 0 unspecified atom stereocenters. The van der Waals surface area contributed by atoms with E-state index in [-0.39, 0.29) is 5.54 Å². The first-order valence-corrected chi connectivity index (χ1v) is 7.68. The van der Waals surface area contributed by atoms with E-state index in [9.17, 15) is 9.59 Å². The van der Waals surface area contributed by atoms with Crippen LogP contribution in [0.3, 0.4) is 0 Å². The summed E-state index contributed by atoms with van der Waals surface area (Å²) in [6.07, 6.45) is 2.18. The molecule has 0 aromatic heterocycles. The van der Waals surface area contributed by atoms with Crippen LogP contribution in [0.2, 0.25) is 0 Å². The number of nitrogens with one attached hydrogen (secondary N) is 2. The van der Waals surface area contributed by atoms with E-state index >= 15 is 0 Å². The summed E-state index contributed by atoms with van der Waals surface area (Å²) in [5.74, 6) is -0.983. The molecule has 1 aromatic rings. The van der Waals surface area contributed by atoms with E-state index in [0.29, 0.717) is 12.0 Å². The van der Waals surface area contributed by atoms with Crippen LogP contribution in [0.4, 0.5) is 0 Å². The molecule has 0 heterocycles. The number of hydroxylamine groups is 1. The quantitative estimate of drug-likeness (QED) is 0.535. The summed E-state index contributed by atoms with van der Waals surface area (Å²) in [5, 5.41) is 3.21. The van der Waals surface area contributed by atoms with E-state index in [2.05, 4.69) is 24.6 Å². The highest BCUT2D eigenvalue weighted by Gasteiger charge is 2.23. The second kappa shape index (κ2) is 9.27. The van der Waals surface area contributed by atoms with Gasteiger partial charge in [-0.15, -0.1) is 5.48 Å². The van der Waals surface area contributed by atoms with Gasteiger partial charge in [0, 0.05) is 5.54 Å². The average molecular weight is 322 g/mol. The molecule has 0 aliphatic rings. The summed E-state index contributed by atoms with van der Waals surface area (Å²) in [7, 11) is 3.21. The van der Waals surface area contributed by atoms with Gasteiger partial charge in [0.2, 0.25) is 0 Å². The predicted molar refractivity (Wildman–Crippen MR) is 87.8 cm³/mol. The standard InChI is InChI=1S/C17H26N2O4/c1-17(2,18-3)12-8-11-14(16(21)22-4)19-23-15(20)13-9-6-5-7-10-13/h5-7,9-10,14,18-19H,8,11-12H2,1-4H3/t14-/m0/s1. The summed E-state index contributed by atoms with van der Waals surface area (Å²) in [5.41, 5.74) is 2.93. The number of carbonyl (C=O) groups excluding carboxylic acids is 2. The van der Waals surface area contributed by atoms with Crippen molar-refractivity contribution in [2.24, 2.45) is 0 Å². The molecule has 23 heavy (non-hydrogen) atoms. The summed E-state index contributed by atoms with van der Waals surface area (Å²) in [6.45, 7) is 4.17. The van der Waals surface area contributed by atoms with Crippen molar-refractivity contribution in [1.82, 2.24) is 10.8 Å². The Morgan fingerprint density at radius 1 is 1.22 bits per heavy atom. The number of carbonyl (C=O) groups is 2. The molecule has 0 aliphatic carbocycles. The van der Waals surface area contributed by atoms with Gasteiger partial charge in [0.25, 0.3) is 0 Å². The molecule has 0 amide bonds. The van der Waals surface area contributed by atoms with Crippen molar-refractivity contribution in [1.29, 1.82) is 0 Å². The first kappa shape index (κ1) is 19.1. The number of benzene rings is 1. The minimum absolute atomic E-state index is 0.0125. The molecule has 128 valence electrons. The largest absolute Gasteiger partial charge is 0.468 e. The van der Waals surface area contributed by atoms with Crippen LogP contribution in [0.1, 0.15) is 43.5 Å². The van der Waals surface area contributed by atoms with Crippen molar-refractivity contribution in [3.63, 3.8) is 0 Å². The molecule has 0 saturated heterocycles. The highest BCUT2D eigenvalue weighted by atomic mass is 16.7. The maximum Gasteiger partial charge on any atom is 0.356 e. The topological polar surface area (TPSA) is 76.7 Å². The molecular formula is C17H26N2O4. The molecule has 0 radical (unpaired) electrons. The second-order valence-electron chi connectivity index (χ2n) is 5.98. The third-order valence-corrected chi connectivity index (χ3v) is 3.76. The van der Waals surface area contributed by atoms with Gasteiger partial charge in [-0.3, -0.25) is 4.79 Å². The normalized spacial score (nSPS) is 12.5. The Balaban J connectivity index is 2.52. The van der Waals surface area contributed by atoms with Crippen LogP contribution in [0.5, 0.6) is 0 Å². The number of hydrogen-bond donors (Lipinski definition) is 2. The molecule has 0 spiro atoms. The van der Waals surface area contributed by atoms with Gasteiger partial charge in [-0.1, -0.05) is 18.2 Å². The predicted octanol–water partition coefficient (Wildman–Crippen LogP) is 2.06. The Labute approximate surface area is 137 Å². The van der Waals surface area contributed by atoms with Crippen molar-refractivity contribution < 1.29 is 19.2 Å². The fourth-order valence-corrected chi connectivity index (χ4v) is 2.00. The van der Waals surface area contributed by atoms with E-state index in [0.717, 1.165) is 12.8 Å². The molecule has 1 atom stereocenters. The van der Waals surface area contributed by atoms with Gasteiger partial charge in [-0.2, -0.15) is 0 Å². The van der Waals surface area contributed by atoms with Crippen LogP contribution in [0.25, 0.3) is 0 Å². The Morgan fingerprint density at radius 2 is 1.87 bits per heavy atom. The van der Waals surface area contributed by atoms with Crippen molar-refractivity contribution >= 4 is 11.9 Å². The molecule has 0 fully saturated rings. The highest BCUT2D eigenvalue weighted by Crippen LogP contribution is 2.14. The summed E-state index contributed by atoms with van der Waals surface area (Å²) >= 11 is 0. The Hall–Kier alpha value is -1.92. The van der Waals surface area contributed by atoms with Gasteiger partial charge < -0.3 is 14.9 Å². The monoisotopic (exact) mass is 322 g/mol. The first-order chi connectivity index (χ1) is 10.9. The van der Waals surface area contributed by atoms with Crippen molar-refractivity contribution in [2.75, 3.05) is 14.2 Å². The number of ether oxygens (including phenoxy) is 1. The molecule has 0 saturated carbocycles. The van der Waals surface area contributed by atoms with Crippen molar-refractivity contribution in [3.8, 4) is 0 Å². The van der Waals surface area contributed by atoms with E-state index in [4.69, 9.17) is 9.57 Å². The molecule has 1 aromatic carbocycles. The molecule has 6 nitrogen and oxygen atoms in total. The van der Waals surface area contributed by atoms with Gasteiger partial charge in [-0.25, -0.2) is 4.79 Å². The zero-order valence-corrected chi connectivity index (χ0v) is 14.2. The fraction of sp³-hybridized carbons (Fsp3) is 0.529. The molecule has 2 N–H and O–H groups in total. The van der Waals surface area contributed by atoms with Gasteiger partial charge >= 0.3 is 11.9 Å². The van der Waals surface area contributed by atoms with Crippen LogP contribution in [0, 0.1) is 0 Å². The molecular weight excluding hydrogens is 296 g/mol. The van der Waals surface area contributed by atoms with Gasteiger partial charge in [-0.05, 0) is 52.3 Å². The van der Waals surface area contributed by atoms with E-state index in [1.165, 1.54) is 7.11 Å². The molecule has 6 heteroatoms. The Kier molecular flexibility index (Phi) is 7.71. The second-order valence-corrected chi connectivity index (χ2v) is 5.98. The maximum atomic E-state index is 11.9. The zero-order valence-electron chi connectivity index (χ0n) is 14.2. The highest BCUT2D eigenvalue weighted by molar-refractivity contribution is 5.89. The minimum Gasteiger partial charge on any atom is -0.468 e. The summed E-state index contributed by atoms with van der Waals surface area (Å²) in [4.78, 5) is 28.7. The van der Waals surface area contributed by atoms with Gasteiger partial charge in [0.15, 0.2) is 0 Å². The van der Waals surface area contributed by atoms with Crippen LogP contribution in [-0.4, -0.2) is 37.7 Å². The number of methoxy groups -OCH3 is 1. The van der Waals surface area contributed by atoms with Crippen molar-refractivity contribution in [3.05, 3.63) is 35.9 Å². The number of hydrogen-bond acceptors (Lipinski definition) is 6. The van der Waals surface area contributed by atoms with Crippen LogP contribution >= 0.6 is 0 Å². The SMILES string of the molecule is CNC(C)(C)CCC[C@H](NOC(=O)c1ccccc1)C(=O)OC. The summed E-state index contributed by atoms with van der Waals surface area (Å²) < 4.78 is 4.75. The molecule has 0 aliphatic heterocycles. The lowest BCUT2D eigenvalue weighted by molar-refractivity contribution is -0.146. The fourth-order valence-electron chi connectivity index (χ4n) is 2.00. The smallest absolute Gasteiger partial charge is 0.356 e. The third-order valence-electron chi connectivity index (χ3n) is 3.76. The average Bonchev–Trinajstić information content (AvgIpc) is 2.57.